The summed E-state index contributed by atoms with van der Waals surface area (Å²) < 4.78 is 62.8. The van der Waals surface area contributed by atoms with E-state index in [1.54, 1.807) is 6.92 Å². The van der Waals surface area contributed by atoms with Crippen molar-refractivity contribution in [1.29, 1.82) is 0 Å². The number of carboxylic acid groups (broad SMARTS) is 1. The summed E-state index contributed by atoms with van der Waals surface area (Å²) >= 11 is 0. The van der Waals surface area contributed by atoms with Gasteiger partial charge < -0.3 is 23.7 Å². The normalized spacial score (nSPS) is 19.8. The van der Waals surface area contributed by atoms with Gasteiger partial charge in [-0.15, -0.1) is 0 Å². The Bertz CT molecular complexity index is 945. The predicted molar refractivity (Wildman–Crippen MR) is 116 cm³/mol. The third-order valence-corrected chi connectivity index (χ3v) is 5.72. The van der Waals surface area contributed by atoms with E-state index in [0.717, 1.165) is 25.3 Å². The van der Waals surface area contributed by atoms with Crippen LogP contribution in [0.5, 0.6) is 0 Å². The van der Waals surface area contributed by atoms with Gasteiger partial charge in [-0.25, -0.2) is 9.78 Å². The molecular formula is C24H30F3NO6. The molecular weight excluding hydrogens is 455 g/mol. The van der Waals surface area contributed by atoms with E-state index in [1.807, 2.05) is 6.92 Å². The Hall–Kier alpha value is -2.43. The number of aromatic nitrogens is 1. The van der Waals surface area contributed by atoms with E-state index in [4.69, 9.17) is 18.6 Å². The van der Waals surface area contributed by atoms with Crippen LogP contribution in [0.2, 0.25) is 0 Å². The first kappa shape index (κ1) is 26.2. The number of ether oxygens (including phenoxy) is 3. The maximum Gasteiger partial charge on any atom is 0.417 e. The van der Waals surface area contributed by atoms with Crippen LogP contribution in [0.3, 0.4) is 0 Å². The summed E-state index contributed by atoms with van der Waals surface area (Å²) in [5.74, 6) is -0.660. The highest BCUT2D eigenvalue weighted by molar-refractivity contribution is 5.72. The molecule has 1 heterocycles. The lowest BCUT2D eigenvalue weighted by atomic mass is 9.95. The van der Waals surface area contributed by atoms with Gasteiger partial charge in [-0.05, 0) is 44.7 Å². The molecule has 0 saturated heterocycles. The molecule has 1 saturated carbocycles. The number of halogens is 3. The fraction of sp³-hybridized carbons (Fsp3) is 0.583. The molecule has 7 nitrogen and oxygen atoms in total. The smallest absolute Gasteiger partial charge is 0.417 e. The van der Waals surface area contributed by atoms with Crippen LogP contribution in [-0.4, -0.2) is 47.6 Å². The van der Waals surface area contributed by atoms with Crippen molar-refractivity contribution in [3.8, 4) is 11.5 Å². The zero-order chi connectivity index (χ0) is 24.7. The van der Waals surface area contributed by atoms with E-state index >= 15 is 0 Å². The van der Waals surface area contributed by atoms with E-state index in [-0.39, 0.29) is 43.5 Å². The Morgan fingerprint density at radius 1 is 1.21 bits per heavy atom. The minimum absolute atomic E-state index is 0.0359. The van der Waals surface area contributed by atoms with E-state index in [9.17, 15) is 23.1 Å². The predicted octanol–water partition coefficient (Wildman–Crippen LogP) is 5.26. The van der Waals surface area contributed by atoms with Crippen LogP contribution in [0.15, 0.2) is 28.7 Å². The Kier molecular flexibility index (Phi) is 9.10. The standard InChI is InChI=1S/C24H30F3NO6/c1-3-20-19(28-22(34-20)17-10-5-6-11-18(17)24(25,26)27)13-32-15-8-7-9-16(12-15)33-14-21(23(29)30)31-4-2/h5-6,10-11,15-16,21H,3-4,7-9,12-14H2,1-2H3,(H,29,30)/t15-,16+,21?/m0/s1. The number of aliphatic carboxylic acids is 1. The summed E-state index contributed by atoms with van der Waals surface area (Å²) in [6, 6.07) is 5.19. The topological polar surface area (TPSA) is 91.0 Å². The Morgan fingerprint density at radius 2 is 1.91 bits per heavy atom. The number of rotatable bonds is 11. The number of oxazole rings is 1. The number of alkyl halides is 3. The van der Waals surface area contributed by atoms with Gasteiger partial charge in [0.2, 0.25) is 5.89 Å². The van der Waals surface area contributed by atoms with Crippen molar-refractivity contribution >= 4 is 5.97 Å². The molecule has 1 unspecified atom stereocenters. The summed E-state index contributed by atoms with van der Waals surface area (Å²) in [6.07, 6.45) is -2.33. The quantitative estimate of drug-likeness (QED) is 0.464. The summed E-state index contributed by atoms with van der Waals surface area (Å²) in [4.78, 5) is 15.5. The highest BCUT2D eigenvalue weighted by Crippen LogP contribution is 2.37. The van der Waals surface area contributed by atoms with E-state index in [2.05, 4.69) is 4.98 Å². The van der Waals surface area contributed by atoms with Crippen molar-refractivity contribution in [1.82, 2.24) is 4.98 Å². The number of benzene rings is 1. The molecule has 3 rings (SSSR count). The molecule has 1 aromatic heterocycles. The van der Waals surface area contributed by atoms with E-state index < -0.39 is 23.8 Å². The van der Waals surface area contributed by atoms with Gasteiger partial charge in [0.15, 0.2) is 6.10 Å². The van der Waals surface area contributed by atoms with Gasteiger partial charge in [-0.1, -0.05) is 19.1 Å². The number of hydrogen-bond donors (Lipinski definition) is 1. The maximum absolute atomic E-state index is 13.4. The van der Waals surface area contributed by atoms with Crippen LogP contribution >= 0.6 is 0 Å². The fourth-order valence-electron chi connectivity index (χ4n) is 4.02. The van der Waals surface area contributed by atoms with Crippen molar-refractivity contribution in [2.75, 3.05) is 13.2 Å². The van der Waals surface area contributed by atoms with Crippen LogP contribution in [-0.2, 0) is 38.2 Å². The molecule has 1 fully saturated rings. The molecule has 0 bridgehead atoms. The average Bonchev–Trinajstić information content (AvgIpc) is 3.23. The third kappa shape index (κ3) is 6.80. The van der Waals surface area contributed by atoms with Gasteiger partial charge in [0.25, 0.3) is 0 Å². The van der Waals surface area contributed by atoms with Crippen LogP contribution in [0, 0.1) is 0 Å². The third-order valence-electron chi connectivity index (χ3n) is 5.72. The second kappa shape index (κ2) is 11.8. The molecule has 1 aliphatic carbocycles. The summed E-state index contributed by atoms with van der Waals surface area (Å²) in [5, 5.41) is 9.18. The van der Waals surface area contributed by atoms with Gasteiger partial charge in [-0.3, -0.25) is 0 Å². The lowest BCUT2D eigenvalue weighted by Crippen LogP contribution is -2.34. The van der Waals surface area contributed by atoms with Crippen molar-refractivity contribution in [2.24, 2.45) is 0 Å². The van der Waals surface area contributed by atoms with Crippen molar-refractivity contribution in [3.63, 3.8) is 0 Å². The molecule has 188 valence electrons. The molecule has 34 heavy (non-hydrogen) atoms. The molecule has 1 aliphatic rings. The van der Waals surface area contributed by atoms with Crippen LogP contribution in [0.4, 0.5) is 13.2 Å². The number of aryl methyl sites for hydroxylation is 1. The Morgan fingerprint density at radius 3 is 2.56 bits per heavy atom. The van der Waals surface area contributed by atoms with Gasteiger partial charge in [0, 0.05) is 18.6 Å². The molecule has 0 amide bonds. The summed E-state index contributed by atoms with van der Waals surface area (Å²) in [6.45, 7) is 3.91. The largest absolute Gasteiger partial charge is 0.479 e. The van der Waals surface area contributed by atoms with E-state index in [1.165, 1.54) is 18.2 Å². The number of nitrogens with zero attached hydrogens (tertiary/aromatic N) is 1. The second-order valence-electron chi connectivity index (χ2n) is 8.12. The Balaban J connectivity index is 1.63. The van der Waals surface area contributed by atoms with Crippen molar-refractivity contribution in [2.45, 2.75) is 77.0 Å². The van der Waals surface area contributed by atoms with Gasteiger partial charge in [0.1, 0.15) is 11.5 Å². The van der Waals surface area contributed by atoms with Crippen LogP contribution in [0.1, 0.15) is 56.5 Å². The highest BCUT2D eigenvalue weighted by Gasteiger charge is 2.35. The zero-order valence-electron chi connectivity index (χ0n) is 19.3. The van der Waals surface area contributed by atoms with Crippen LogP contribution in [0.25, 0.3) is 11.5 Å². The molecule has 0 spiro atoms. The first-order chi connectivity index (χ1) is 16.2. The summed E-state index contributed by atoms with van der Waals surface area (Å²) in [5.41, 5.74) is -0.436. The van der Waals surface area contributed by atoms with E-state index in [0.29, 0.717) is 24.3 Å². The number of carbonyl (C=O) groups is 1. The van der Waals surface area contributed by atoms with Gasteiger partial charge in [-0.2, -0.15) is 13.2 Å². The van der Waals surface area contributed by atoms with Gasteiger partial charge >= 0.3 is 12.1 Å². The molecule has 0 radical (unpaired) electrons. The zero-order valence-corrected chi connectivity index (χ0v) is 19.3. The lowest BCUT2D eigenvalue weighted by Gasteiger charge is -2.29. The molecule has 10 heteroatoms. The lowest BCUT2D eigenvalue weighted by molar-refractivity contribution is -0.157. The maximum atomic E-state index is 13.4. The molecule has 1 aromatic carbocycles. The monoisotopic (exact) mass is 485 g/mol. The second-order valence-corrected chi connectivity index (χ2v) is 8.12. The highest BCUT2D eigenvalue weighted by atomic mass is 19.4. The number of hydrogen-bond acceptors (Lipinski definition) is 6. The van der Waals surface area contributed by atoms with Crippen molar-refractivity contribution in [3.05, 3.63) is 41.3 Å². The fourth-order valence-corrected chi connectivity index (χ4v) is 4.02. The minimum atomic E-state index is -4.52. The van der Waals surface area contributed by atoms with Crippen LogP contribution < -0.4 is 0 Å². The molecule has 1 N–H and O–H groups in total. The number of carboxylic acids is 1. The Labute approximate surface area is 196 Å². The average molecular weight is 485 g/mol. The minimum Gasteiger partial charge on any atom is -0.479 e. The SMILES string of the molecule is CCOC(CO[C@@H]1CCC[C@H](OCc2nc(-c3ccccc3C(F)(F)F)oc2CC)C1)C(=O)O. The first-order valence-electron chi connectivity index (χ1n) is 11.5. The first-order valence-corrected chi connectivity index (χ1v) is 11.5. The summed E-state index contributed by atoms with van der Waals surface area (Å²) in [7, 11) is 0. The molecule has 2 aromatic rings. The molecule has 0 aliphatic heterocycles. The molecule has 3 atom stereocenters. The van der Waals surface area contributed by atoms with Crippen molar-refractivity contribution < 1.29 is 41.7 Å². The van der Waals surface area contributed by atoms with Gasteiger partial charge in [0.05, 0.1) is 31.0 Å².